The number of nitrogens with zero attached hydrogens (tertiary/aromatic N) is 1. The minimum absolute atomic E-state index is 0.132. The van der Waals surface area contributed by atoms with Gasteiger partial charge in [0.05, 0.1) is 24.9 Å². The fraction of sp³-hybridized carbons (Fsp3) is 0.263. The van der Waals surface area contributed by atoms with Gasteiger partial charge < -0.3 is 19.0 Å². The molecule has 0 radical (unpaired) electrons. The Balaban J connectivity index is 1.40. The first-order valence-corrected chi connectivity index (χ1v) is 8.22. The molecule has 3 heterocycles. The van der Waals surface area contributed by atoms with Crippen molar-refractivity contribution in [2.75, 3.05) is 0 Å². The van der Waals surface area contributed by atoms with Crippen molar-refractivity contribution in [1.82, 2.24) is 10.5 Å². The van der Waals surface area contributed by atoms with Crippen LogP contribution in [0, 0.1) is 0 Å². The van der Waals surface area contributed by atoms with E-state index in [0.717, 1.165) is 17.7 Å². The third-order valence-electron chi connectivity index (χ3n) is 4.12. The Morgan fingerprint density at radius 2 is 2.24 bits per heavy atom. The zero-order valence-corrected chi connectivity index (χ0v) is 13.8. The molecule has 1 N–H and O–H groups in total. The number of hydrogen-bond acceptors (Lipinski definition) is 5. The van der Waals surface area contributed by atoms with E-state index in [0.29, 0.717) is 23.8 Å². The number of nitrogens with one attached hydrogen (secondary N) is 1. The molecule has 0 saturated heterocycles. The lowest BCUT2D eigenvalue weighted by Gasteiger charge is -2.02. The number of ether oxygens (including phenoxy) is 1. The lowest BCUT2D eigenvalue weighted by atomic mass is 10.1. The minimum Gasteiger partial charge on any atom is -0.490 e. The molecule has 0 spiro atoms. The summed E-state index contributed by atoms with van der Waals surface area (Å²) >= 11 is 0. The zero-order valence-electron chi connectivity index (χ0n) is 13.8. The van der Waals surface area contributed by atoms with Crippen LogP contribution < -0.4 is 10.1 Å². The predicted molar refractivity (Wildman–Crippen MR) is 90.0 cm³/mol. The average Bonchev–Trinajstić information content (AvgIpc) is 3.32. The van der Waals surface area contributed by atoms with Crippen LogP contribution >= 0.6 is 0 Å². The van der Waals surface area contributed by atoms with Crippen molar-refractivity contribution in [3.63, 3.8) is 0 Å². The lowest BCUT2D eigenvalue weighted by molar-refractivity contribution is -0.120. The molecule has 2 aromatic heterocycles. The summed E-state index contributed by atoms with van der Waals surface area (Å²) in [7, 11) is 0. The smallest absolute Gasteiger partial charge is 0.226 e. The largest absolute Gasteiger partial charge is 0.490 e. The molecule has 4 rings (SSSR count). The van der Waals surface area contributed by atoms with Crippen LogP contribution in [0.15, 0.2) is 51.6 Å². The third-order valence-corrected chi connectivity index (χ3v) is 4.12. The highest BCUT2D eigenvalue weighted by molar-refractivity contribution is 5.78. The Morgan fingerprint density at radius 3 is 3.08 bits per heavy atom. The van der Waals surface area contributed by atoms with E-state index in [9.17, 15) is 4.79 Å². The Labute approximate surface area is 144 Å². The number of hydrogen-bond donors (Lipinski definition) is 1. The number of furan rings is 1. The molecule has 6 heteroatoms. The molecule has 1 atom stereocenters. The van der Waals surface area contributed by atoms with Crippen molar-refractivity contribution in [2.45, 2.75) is 32.4 Å². The highest BCUT2D eigenvalue weighted by Gasteiger charge is 2.20. The van der Waals surface area contributed by atoms with Crippen LogP contribution in [0.5, 0.6) is 5.75 Å². The number of amides is 1. The predicted octanol–water partition coefficient (Wildman–Crippen LogP) is 3.12. The first-order chi connectivity index (χ1) is 12.2. The molecule has 0 aliphatic carbocycles. The average molecular weight is 338 g/mol. The van der Waals surface area contributed by atoms with E-state index in [1.54, 1.807) is 18.4 Å². The summed E-state index contributed by atoms with van der Waals surface area (Å²) in [5.74, 6) is 2.15. The number of fused-ring (bicyclic) bond motifs is 1. The van der Waals surface area contributed by atoms with Gasteiger partial charge in [0.15, 0.2) is 5.76 Å². The third kappa shape index (κ3) is 3.42. The van der Waals surface area contributed by atoms with Crippen molar-refractivity contribution in [1.29, 1.82) is 0 Å². The van der Waals surface area contributed by atoms with E-state index in [4.69, 9.17) is 13.7 Å². The first kappa shape index (κ1) is 15.5. The number of aromatic nitrogens is 1. The Morgan fingerprint density at radius 1 is 1.32 bits per heavy atom. The van der Waals surface area contributed by atoms with Gasteiger partial charge in [-0.3, -0.25) is 4.79 Å². The van der Waals surface area contributed by atoms with Gasteiger partial charge in [0, 0.05) is 18.1 Å². The highest BCUT2D eigenvalue weighted by Crippen LogP contribution is 2.33. The standard InChI is InChI=1S/C19H18N2O4/c1-12-7-14-8-13(4-5-17(14)24-12)18-9-15(21-25-18)10-19(22)20-11-16-3-2-6-23-16/h2-6,8-9,12H,7,10-11H2,1H3,(H,20,22)/t12-/m0/s1. The van der Waals surface area contributed by atoms with Gasteiger partial charge in [0.25, 0.3) is 0 Å². The van der Waals surface area contributed by atoms with Gasteiger partial charge in [-0.15, -0.1) is 0 Å². The fourth-order valence-electron chi connectivity index (χ4n) is 2.93. The van der Waals surface area contributed by atoms with E-state index in [1.807, 2.05) is 25.1 Å². The molecule has 6 nitrogen and oxygen atoms in total. The number of carbonyl (C=O) groups is 1. The molecule has 1 aliphatic heterocycles. The first-order valence-electron chi connectivity index (χ1n) is 8.22. The summed E-state index contributed by atoms with van der Waals surface area (Å²) in [6.07, 6.45) is 2.83. The van der Waals surface area contributed by atoms with Gasteiger partial charge >= 0.3 is 0 Å². The maximum Gasteiger partial charge on any atom is 0.226 e. The van der Waals surface area contributed by atoms with Gasteiger partial charge in [-0.05, 0) is 42.8 Å². The molecule has 3 aromatic rings. The minimum atomic E-state index is -0.132. The summed E-state index contributed by atoms with van der Waals surface area (Å²) in [6, 6.07) is 11.3. The van der Waals surface area contributed by atoms with E-state index >= 15 is 0 Å². The molecule has 1 aliphatic rings. The van der Waals surface area contributed by atoms with Crippen LogP contribution in [-0.2, 0) is 24.2 Å². The summed E-state index contributed by atoms with van der Waals surface area (Å²) < 4.78 is 16.3. The van der Waals surface area contributed by atoms with E-state index in [1.165, 1.54) is 5.56 Å². The number of carbonyl (C=O) groups excluding carboxylic acids is 1. The molecule has 1 amide bonds. The van der Waals surface area contributed by atoms with Gasteiger partial charge in [-0.25, -0.2) is 0 Å². The van der Waals surface area contributed by atoms with Crippen LogP contribution in [-0.4, -0.2) is 17.2 Å². The van der Waals surface area contributed by atoms with E-state index in [-0.39, 0.29) is 18.4 Å². The second-order valence-corrected chi connectivity index (χ2v) is 6.17. The van der Waals surface area contributed by atoms with Crippen LogP contribution in [0.2, 0.25) is 0 Å². The quantitative estimate of drug-likeness (QED) is 0.773. The van der Waals surface area contributed by atoms with Crippen molar-refractivity contribution < 1.29 is 18.5 Å². The van der Waals surface area contributed by atoms with E-state index < -0.39 is 0 Å². The summed E-state index contributed by atoms with van der Waals surface area (Å²) in [4.78, 5) is 12.0. The lowest BCUT2D eigenvalue weighted by Crippen LogP contribution is -2.24. The molecule has 0 bridgehead atoms. The highest BCUT2D eigenvalue weighted by atomic mass is 16.5. The van der Waals surface area contributed by atoms with Crippen molar-refractivity contribution in [3.8, 4) is 17.1 Å². The molecule has 25 heavy (non-hydrogen) atoms. The van der Waals surface area contributed by atoms with Crippen molar-refractivity contribution in [3.05, 3.63) is 59.7 Å². The van der Waals surface area contributed by atoms with E-state index in [2.05, 4.69) is 16.5 Å². The molecule has 128 valence electrons. The maximum atomic E-state index is 12.0. The summed E-state index contributed by atoms with van der Waals surface area (Å²) in [5.41, 5.74) is 2.70. The number of benzene rings is 1. The van der Waals surface area contributed by atoms with Crippen molar-refractivity contribution >= 4 is 5.91 Å². The maximum absolute atomic E-state index is 12.0. The monoisotopic (exact) mass is 338 g/mol. The van der Waals surface area contributed by atoms with Gasteiger partial charge in [0.1, 0.15) is 17.6 Å². The second kappa shape index (κ2) is 6.47. The molecular weight excluding hydrogens is 320 g/mol. The number of rotatable bonds is 5. The molecule has 0 unspecified atom stereocenters. The Bertz CT molecular complexity index is 883. The van der Waals surface area contributed by atoms with Crippen LogP contribution in [0.25, 0.3) is 11.3 Å². The summed E-state index contributed by atoms with van der Waals surface area (Å²) in [6.45, 7) is 2.41. The molecule has 1 aromatic carbocycles. The SMILES string of the molecule is C[C@H]1Cc2cc(-c3cc(CC(=O)NCc4ccco4)no3)ccc2O1. The second-order valence-electron chi connectivity index (χ2n) is 6.17. The topological polar surface area (TPSA) is 77.5 Å². The van der Waals surface area contributed by atoms with Gasteiger partial charge in [0.2, 0.25) is 5.91 Å². The van der Waals surface area contributed by atoms with Crippen LogP contribution in [0.1, 0.15) is 23.9 Å². The van der Waals surface area contributed by atoms with Gasteiger partial charge in [-0.2, -0.15) is 0 Å². The van der Waals surface area contributed by atoms with Gasteiger partial charge in [-0.1, -0.05) is 5.16 Å². The molecule has 0 saturated carbocycles. The Kier molecular flexibility index (Phi) is 4.01. The fourth-order valence-corrected chi connectivity index (χ4v) is 2.93. The normalized spacial score (nSPS) is 15.6. The molecular formula is C19H18N2O4. The van der Waals surface area contributed by atoms with Crippen molar-refractivity contribution in [2.24, 2.45) is 0 Å². The summed E-state index contributed by atoms with van der Waals surface area (Å²) in [5, 5.41) is 6.79. The zero-order chi connectivity index (χ0) is 17.2. The van der Waals surface area contributed by atoms with Crippen LogP contribution in [0.3, 0.4) is 0 Å². The van der Waals surface area contributed by atoms with Crippen LogP contribution in [0.4, 0.5) is 0 Å². The molecule has 0 fully saturated rings. The Hall–Kier alpha value is -3.02.